The van der Waals surface area contributed by atoms with Crippen LogP contribution in [-0.2, 0) is 21.2 Å². The maximum absolute atomic E-state index is 12.4. The number of hydrogen-bond acceptors (Lipinski definition) is 4. The number of anilines is 1. The molecular weight excluding hydrogens is 400 g/mol. The first kappa shape index (κ1) is 14.2. The Morgan fingerprint density at radius 3 is 2.54 bits per heavy atom. The minimum absolute atomic E-state index is 0.0644. The van der Waals surface area contributed by atoms with Crippen molar-refractivity contribution in [1.29, 1.82) is 0 Å². The summed E-state index contributed by atoms with van der Waals surface area (Å²) in [4.78, 5) is 11.8. The van der Waals surface area contributed by atoms with Crippen molar-refractivity contribution in [2.24, 2.45) is 5.14 Å². The number of nitrogens with two attached hydrogens (primary N) is 1. The number of nitrogens with one attached hydrogen (secondary N) is 1. The highest BCUT2D eigenvalue weighted by Crippen LogP contribution is 2.30. The monoisotopic (exact) mass is 421 g/mol. The molecule has 3 rings (SSSR count). The molecule has 0 radical (unpaired) electrons. The molecule has 0 atom stereocenters. The largest absolute Gasteiger partial charge is 0.456 e. The molecule has 8 heteroatoms. The molecule has 0 aliphatic rings. The molecule has 6 nitrogen and oxygen atoms in total. The first-order valence-electron chi connectivity index (χ1n) is 10.3. The maximum atomic E-state index is 12.4. The Labute approximate surface area is 175 Å². The molecule has 0 heterocycles. The number of rotatable bonds is 6. The zero-order valence-corrected chi connectivity index (χ0v) is 15.8. The van der Waals surface area contributed by atoms with Crippen molar-refractivity contribution in [1.82, 2.24) is 0 Å². The van der Waals surface area contributed by atoms with Crippen molar-refractivity contribution < 1.29 is 24.8 Å². The fourth-order valence-electron chi connectivity index (χ4n) is 2.31. The summed E-state index contributed by atoms with van der Waals surface area (Å²) in [5.74, 6) is -1.41. The van der Waals surface area contributed by atoms with Crippen LogP contribution in [0.25, 0.3) is 0 Å². The highest BCUT2D eigenvalue weighted by atomic mass is 35.5. The standard InChI is InChI=1S/C20H17ClN2O4S/c21-17-9-5-4-6-14(17)12-20(24)23-15-10-11-18(19(13-15)28(22,25)26)27-16-7-2-1-3-8-16/h1-11,13H,12H2,(H,23,24)(H2,22,25,26)/i1D,2D,3D,7D,8D. The predicted molar refractivity (Wildman–Crippen MR) is 108 cm³/mol. The quantitative estimate of drug-likeness (QED) is 0.629. The summed E-state index contributed by atoms with van der Waals surface area (Å²) in [7, 11) is -4.38. The van der Waals surface area contributed by atoms with Crippen LogP contribution in [0.1, 0.15) is 12.4 Å². The van der Waals surface area contributed by atoms with Crippen molar-refractivity contribution in [3.8, 4) is 11.5 Å². The number of sulfonamides is 1. The van der Waals surface area contributed by atoms with Crippen LogP contribution in [-0.4, -0.2) is 14.3 Å². The van der Waals surface area contributed by atoms with Crippen molar-refractivity contribution in [2.45, 2.75) is 11.3 Å². The van der Waals surface area contributed by atoms with Gasteiger partial charge in [-0.3, -0.25) is 4.79 Å². The topological polar surface area (TPSA) is 98.5 Å². The Morgan fingerprint density at radius 1 is 1.14 bits per heavy atom. The van der Waals surface area contributed by atoms with Crippen LogP contribution in [0.2, 0.25) is 5.02 Å². The Kier molecular flexibility index (Phi) is 4.27. The summed E-state index contributed by atoms with van der Waals surface area (Å²) >= 11 is 6.05. The van der Waals surface area contributed by atoms with Gasteiger partial charge in [-0.25, -0.2) is 13.6 Å². The molecule has 0 saturated heterocycles. The van der Waals surface area contributed by atoms with Gasteiger partial charge in [0.25, 0.3) is 0 Å². The number of hydrogen-bond donors (Lipinski definition) is 2. The first-order valence-corrected chi connectivity index (χ1v) is 9.77. The number of amides is 1. The first-order chi connectivity index (χ1) is 15.4. The van der Waals surface area contributed by atoms with Gasteiger partial charge in [-0.05, 0) is 41.9 Å². The van der Waals surface area contributed by atoms with Gasteiger partial charge in [0.1, 0.15) is 16.4 Å². The number of ether oxygens (including phenoxy) is 1. The van der Waals surface area contributed by atoms with E-state index in [4.69, 9.17) is 28.3 Å². The molecule has 0 fully saturated rings. The summed E-state index contributed by atoms with van der Waals surface area (Å²) in [6.07, 6.45) is -0.0644. The number of benzene rings is 3. The van der Waals surface area contributed by atoms with Gasteiger partial charge in [-0.2, -0.15) is 0 Å². The molecule has 144 valence electrons. The van der Waals surface area contributed by atoms with Gasteiger partial charge >= 0.3 is 0 Å². The SMILES string of the molecule is [2H]c1c([2H])c([2H])c(Oc2ccc(NC(=O)Cc3ccccc3Cl)cc2S(N)(=O)=O)c([2H])c1[2H]. The highest BCUT2D eigenvalue weighted by molar-refractivity contribution is 7.89. The Bertz CT molecular complexity index is 1340. The Hall–Kier alpha value is -2.87. The molecule has 0 aromatic heterocycles. The Morgan fingerprint density at radius 2 is 1.86 bits per heavy atom. The summed E-state index contributed by atoms with van der Waals surface area (Å²) in [5, 5.41) is 8.22. The number of carbonyl (C=O) groups excluding carboxylic acids is 1. The highest BCUT2D eigenvalue weighted by Gasteiger charge is 2.18. The van der Waals surface area contributed by atoms with E-state index in [2.05, 4.69) is 5.32 Å². The van der Waals surface area contributed by atoms with Crippen molar-refractivity contribution in [2.75, 3.05) is 5.32 Å². The van der Waals surface area contributed by atoms with Gasteiger partial charge in [-0.15, -0.1) is 0 Å². The van der Waals surface area contributed by atoms with Crippen molar-refractivity contribution in [3.05, 3.63) is 83.3 Å². The molecule has 0 aliphatic heterocycles. The molecule has 0 bridgehead atoms. The normalized spacial score (nSPS) is 13.6. The smallest absolute Gasteiger partial charge is 0.241 e. The second kappa shape index (κ2) is 8.43. The lowest BCUT2D eigenvalue weighted by Crippen LogP contribution is -2.17. The van der Waals surface area contributed by atoms with E-state index in [1.165, 1.54) is 6.07 Å². The van der Waals surface area contributed by atoms with E-state index < -0.39 is 56.8 Å². The average Bonchev–Trinajstić information content (AvgIpc) is 2.75. The van der Waals surface area contributed by atoms with Crippen LogP contribution in [0.3, 0.4) is 0 Å². The third kappa shape index (κ3) is 5.10. The van der Waals surface area contributed by atoms with Crippen molar-refractivity contribution >= 4 is 33.2 Å². The number of primary sulfonamides is 1. The zero-order valence-electron chi connectivity index (χ0n) is 19.2. The van der Waals surface area contributed by atoms with Crippen LogP contribution in [0.15, 0.2) is 77.6 Å². The third-order valence-corrected chi connectivity index (χ3v) is 4.83. The second-order valence-corrected chi connectivity index (χ2v) is 7.52. The van der Waals surface area contributed by atoms with E-state index in [0.29, 0.717) is 10.6 Å². The van der Waals surface area contributed by atoms with Crippen LogP contribution in [0.5, 0.6) is 11.5 Å². The van der Waals surface area contributed by atoms with Gasteiger partial charge in [0.15, 0.2) is 0 Å². The summed E-state index contributed by atoms with van der Waals surface area (Å²) < 4.78 is 68.6. The molecule has 3 aromatic carbocycles. The minimum atomic E-state index is -4.38. The molecule has 0 saturated carbocycles. The molecule has 0 aliphatic carbocycles. The van der Waals surface area contributed by atoms with E-state index in [-0.39, 0.29) is 17.9 Å². The van der Waals surface area contributed by atoms with Crippen LogP contribution >= 0.6 is 11.6 Å². The van der Waals surface area contributed by atoms with E-state index in [0.717, 1.165) is 12.1 Å². The molecule has 0 unspecified atom stereocenters. The number of para-hydroxylation sites is 1. The second-order valence-electron chi connectivity index (χ2n) is 5.58. The van der Waals surface area contributed by atoms with E-state index in [9.17, 15) is 13.2 Å². The lowest BCUT2D eigenvalue weighted by Gasteiger charge is -2.12. The minimum Gasteiger partial charge on any atom is -0.456 e. The molecule has 0 spiro atoms. The van der Waals surface area contributed by atoms with Gasteiger partial charge in [0, 0.05) is 10.7 Å². The molecule has 28 heavy (non-hydrogen) atoms. The van der Waals surface area contributed by atoms with Crippen LogP contribution in [0.4, 0.5) is 5.69 Å². The van der Waals surface area contributed by atoms with Gasteiger partial charge in [0.05, 0.1) is 13.3 Å². The zero-order chi connectivity index (χ0) is 24.5. The Balaban J connectivity index is 1.95. The average molecular weight is 422 g/mol. The van der Waals surface area contributed by atoms with E-state index >= 15 is 0 Å². The van der Waals surface area contributed by atoms with Crippen LogP contribution < -0.4 is 15.2 Å². The number of carbonyl (C=O) groups is 1. The molecule has 3 N–H and O–H groups in total. The van der Waals surface area contributed by atoms with Gasteiger partial charge < -0.3 is 10.1 Å². The predicted octanol–water partition coefficient (Wildman–Crippen LogP) is 3.96. The molecule has 1 amide bonds. The third-order valence-electron chi connectivity index (χ3n) is 3.53. The van der Waals surface area contributed by atoms with Gasteiger partial charge in [-0.1, -0.05) is 47.9 Å². The summed E-state index contributed by atoms with van der Waals surface area (Å²) in [5.41, 5.74) is 0.661. The summed E-state index contributed by atoms with van der Waals surface area (Å²) in [6, 6.07) is 7.05. The summed E-state index contributed by atoms with van der Waals surface area (Å²) in [6.45, 7) is 0. The fraction of sp³-hybridized carbons (Fsp3) is 0.0500. The molecular formula is C20H17ClN2O4S. The maximum Gasteiger partial charge on any atom is 0.241 e. The lowest BCUT2D eigenvalue weighted by molar-refractivity contribution is -0.115. The van der Waals surface area contributed by atoms with Crippen LogP contribution in [0, 0.1) is 0 Å². The van der Waals surface area contributed by atoms with Crippen molar-refractivity contribution in [3.63, 3.8) is 0 Å². The number of halogens is 1. The van der Waals surface area contributed by atoms with Gasteiger partial charge in [0.2, 0.25) is 15.9 Å². The fourth-order valence-corrected chi connectivity index (χ4v) is 3.20. The molecule has 3 aromatic rings. The van der Waals surface area contributed by atoms with E-state index in [1.807, 2.05) is 0 Å². The van der Waals surface area contributed by atoms with E-state index in [1.54, 1.807) is 24.3 Å². The lowest BCUT2D eigenvalue weighted by atomic mass is 10.1.